The third kappa shape index (κ3) is 3.44. The normalized spacial score (nSPS) is 23.1. The molecule has 0 spiro atoms. The third-order valence-electron chi connectivity index (χ3n) is 3.59. The van der Waals surface area contributed by atoms with E-state index in [0.29, 0.717) is 18.3 Å². The van der Waals surface area contributed by atoms with Gasteiger partial charge in [0, 0.05) is 30.8 Å². The summed E-state index contributed by atoms with van der Waals surface area (Å²) in [4.78, 5) is 23.6. The van der Waals surface area contributed by atoms with E-state index in [1.165, 1.54) is 6.07 Å². The van der Waals surface area contributed by atoms with Crippen LogP contribution in [0.15, 0.2) is 23.1 Å². The summed E-state index contributed by atoms with van der Waals surface area (Å²) < 4.78 is 1.58. The molecule has 19 heavy (non-hydrogen) atoms. The molecule has 0 aromatic carbocycles. The summed E-state index contributed by atoms with van der Waals surface area (Å²) >= 11 is 0. The molecule has 5 heteroatoms. The van der Waals surface area contributed by atoms with Crippen molar-refractivity contribution in [3.8, 4) is 0 Å². The van der Waals surface area contributed by atoms with Gasteiger partial charge in [-0.25, -0.2) is 0 Å². The van der Waals surface area contributed by atoms with Crippen LogP contribution in [0.5, 0.6) is 0 Å². The Labute approximate surface area is 113 Å². The van der Waals surface area contributed by atoms with Crippen molar-refractivity contribution < 1.29 is 4.79 Å². The van der Waals surface area contributed by atoms with E-state index in [9.17, 15) is 9.59 Å². The number of aromatic nitrogens is 1. The van der Waals surface area contributed by atoms with E-state index in [1.54, 1.807) is 16.8 Å². The average molecular weight is 263 g/mol. The molecular formula is C14H21N3O2. The zero-order valence-electron chi connectivity index (χ0n) is 11.5. The Bertz CT molecular complexity index is 510. The molecule has 1 amide bonds. The first kappa shape index (κ1) is 13.8. The van der Waals surface area contributed by atoms with Crippen molar-refractivity contribution in [3.63, 3.8) is 0 Å². The molecule has 0 bridgehead atoms. The quantitative estimate of drug-likeness (QED) is 0.861. The van der Waals surface area contributed by atoms with Gasteiger partial charge in [0.2, 0.25) is 5.91 Å². The Balaban J connectivity index is 2.04. The molecule has 1 fully saturated rings. The fourth-order valence-corrected chi connectivity index (χ4v) is 2.47. The molecule has 104 valence electrons. The predicted octanol–water partition coefficient (Wildman–Crippen LogP) is 1.19. The number of carbonyl (C=O) groups is 1. The topological polar surface area (TPSA) is 63.1 Å². The van der Waals surface area contributed by atoms with Gasteiger partial charge in [-0.15, -0.1) is 0 Å². The molecule has 2 rings (SSSR count). The second kappa shape index (κ2) is 6.02. The average Bonchev–Trinajstić information content (AvgIpc) is 2.41. The largest absolute Gasteiger partial charge is 0.325 e. The lowest BCUT2D eigenvalue weighted by atomic mass is 9.92. The number of anilines is 1. The van der Waals surface area contributed by atoms with Crippen molar-refractivity contribution in [1.29, 1.82) is 0 Å². The number of nitrogens with one attached hydrogen (secondary N) is 2. The number of pyridine rings is 1. The number of amides is 1. The van der Waals surface area contributed by atoms with Crippen molar-refractivity contribution in [2.75, 3.05) is 11.9 Å². The smallest absolute Gasteiger partial charge is 0.250 e. The van der Waals surface area contributed by atoms with Gasteiger partial charge in [-0.1, -0.05) is 0 Å². The monoisotopic (exact) mass is 263 g/mol. The third-order valence-corrected chi connectivity index (χ3v) is 3.59. The molecular weight excluding hydrogens is 242 g/mol. The Hall–Kier alpha value is -1.62. The van der Waals surface area contributed by atoms with Crippen LogP contribution in [0.1, 0.15) is 26.7 Å². The first-order valence-electron chi connectivity index (χ1n) is 6.85. The lowest BCUT2D eigenvalue weighted by Crippen LogP contribution is -2.40. The van der Waals surface area contributed by atoms with Crippen LogP contribution in [0.3, 0.4) is 0 Å². The van der Waals surface area contributed by atoms with Gasteiger partial charge in [-0.2, -0.15) is 0 Å². The number of hydrogen-bond donors (Lipinski definition) is 2. The number of hydrogen-bond acceptors (Lipinski definition) is 3. The summed E-state index contributed by atoms with van der Waals surface area (Å²) in [6, 6.07) is 3.54. The molecule has 2 atom stereocenters. The lowest BCUT2D eigenvalue weighted by molar-refractivity contribution is -0.120. The maximum Gasteiger partial charge on any atom is 0.250 e. The summed E-state index contributed by atoms with van der Waals surface area (Å²) in [5.74, 6) is 0.105. The molecule has 1 aromatic rings. The number of carbonyl (C=O) groups excluding carboxylic acids is 1. The Morgan fingerprint density at radius 2 is 2.32 bits per heavy atom. The molecule has 2 N–H and O–H groups in total. The van der Waals surface area contributed by atoms with Gasteiger partial charge in [-0.3, -0.25) is 9.59 Å². The van der Waals surface area contributed by atoms with Crippen molar-refractivity contribution >= 4 is 11.6 Å². The Morgan fingerprint density at radius 3 is 3.00 bits per heavy atom. The van der Waals surface area contributed by atoms with Gasteiger partial charge in [0.25, 0.3) is 5.56 Å². The molecule has 0 saturated carbocycles. The molecule has 0 radical (unpaired) electrons. The van der Waals surface area contributed by atoms with Crippen molar-refractivity contribution in [2.45, 2.75) is 39.3 Å². The summed E-state index contributed by atoms with van der Waals surface area (Å²) in [6.45, 7) is 5.48. The Morgan fingerprint density at radius 1 is 1.53 bits per heavy atom. The van der Waals surface area contributed by atoms with Crippen LogP contribution in [0.2, 0.25) is 0 Å². The Kier molecular flexibility index (Phi) is 4.37. The van der Waals surface area contributed by atoms with Gasteiger partial charge in [-0.05, 0) is 39.3 Å². The summed E-state index contributed by atoms with van der Waals surface area (Å²) in [7, 11) is 0. The highest BCUT2D eigenvalue weighted by Gasteiger charge is 2.24. The highest BCUT2D eigenvalue weighted by Crippen LogP contribution is 2.18. The molecule has 1 aliphatic heterocycles. The fraction of sp³-hybridized carbons (Fsp3) is 0.571. The van der Waals surface area contributed by atoms with Crippen molar-refractivity contribution in [1.82, 2.24) is 9.88 Å². The summed E-state index contributed by atoms with van der Waals surface area (Å²) in [6.07, 6.45) is 3.42. The first-order chi connectivity index (χ1) is 9.10. The minimum absolute atomic E-state index is 0.0454. The predicted molar refractivity (Wildman–Crippen MR) is 75.2 cm³/mol. The maximum atomic E-state index is 12.2. The van der Waals surface area contributed by atoms with Gasteiger partial charge in [0.05, 0.1) is 5.69 Å². The van der Waals surface area contributed by atoms with E-state index in [0.717, 1.165) is 19.4 Å². The fourth-order valence-electron chi connectivity index (χ4n) is 2.47. The van der Waals surface area contributed by atoms with E-state index >= 15 is 0 Å². The molecule has 1 saturated heterocycles. The standard InChI is InChI=1S/C14H21N3O2/c1-3-17-9-12(4-5-13(17)18)16-14(19)11-6-7-15-10(2)8-11/h4-5,9-11,15H,3,6-8H2,1-2H3,(H,16,19). The molecule has 1 aliphatic rings. The van der Waals surface area contributed by atoms with Crippen LogP contribution in [0.4, 0.5) is 5.69 Å². The lowest BCUT2D eigenvalue weighted by Gasteiger charge is -2.27. The number of rotatable bonds is 3. The highest BCUT2D eigenvalue weighted by atomic mass is 16.2. The molecule has 1 aromatic heterocycles. The minimum atomic E-state index is -0.0454. The van der Waals surface area contributed by atoms with Crippen LogP contribution in [-0.2, 0) is 11.3 Å². The highest BCUT2D eigenvalue weighted by molar-refractivity contribution is 5.92. The van der Waals surface area contributed by atoms with Gasteiger partial charge >= 0.3 is 0 Å². The van der Waals surface area contributed by atoms with Crippen LogP contribution < -0.4 is 16.2 Å². The summed E-state index contributed by atoms with van der Waals surface area (Å²) in [5, 5.41) is 6.24. The number of aryl methyl sites for hydroxylation is 1. The SMILES string of the molecule is CCn1cc(NC(=O)C2CCNC(C)C2)ccc1=O. The van der Waals surface area contributed by atoms with Crippen LogP contribution in [0, 0.1) is 5.92 Å². The van der Waals surface area contributed by atoms with Gasteiger partial charge in [0.15, 0.2) is 0 Å². The van der Waals surface area contributed by atoms with Gasteiger partial charge < -0.3 is 15.2 Å². The van der Waals surface area contributed by atoms with Crippen molar-refractivity contribution in [3.05, 3.63) is 28.7 Å². The second-order valence-corrected chi connectivity index (χ2v) is 5.11. The minimum Gasteiger partial charge on any atom is -0.325 e. The molecule has 5 nitrogen and oxygen atoms in total. The number of nitrogens with zero attached hydrogens (tertiary/aromatic N) is 1. The zero-order chi connectivity index (χ0) is 13.8. The van der Waals surface area contributed by atoms with Crippen molar-refractivity contribution in [2.24, 2.45) is 5.92 Å². The maximum absolute atomic E-state index is 12.2. The molecule has 2 heterocycles. The van der Waals surface area contributed by atoms with E-state index in [-0.39, 0.29) is 17.4 Å². The van der Waals surface area contributed by atoms with Crippen LogP contribution in [-0.4, -0.2) is 23.1 Å². The van der Waals surface area contributed by atoms with E-state index in [4.69, 9.17) is 0 Å². The van der Waals surface area contributed by atoms with Crippen LogP contribution in [0.25, 0.3) is 0 Å². The van der Waals surface area contributed by atoms with E-state index in [2.05, 4.69) is 17.6 Å². The van der Waals surface area contributed by atoms with E-state index in [1.807, 2.05) is 6.92 Å². The van der Waals surface area contributed by atoms with E-state index < -0.39 is 0 Å². The van der Waals surface area contributed by atoms with Gasteiger partial charge in [0.1, 0.15) is 0 Å². The summed E-state index contributed by atoms with van der Waals surface area (Å²) in [5.41, 5.74) is 0.647. The first-order valence-corrected chi connectivity index (χ1v) is 6.85. The zero-order valence-corrected chi connectivity index (χ0v) is 11.5. The second-order valence-electron chi connectivity index (χ2n) is 5.11. The molecule has 2 unspecified atom stereocenters. The van der Waals surface area contributed by atoms with Crippen LogP contribution >= 0.6 is 0 Å². The molecule has 0 aliphatic carbocycles. The number of piperidine rings is 1.